The Morgan fingerprint density at radius 3 is 2.54 bits per heavy atom. The van der Waals surface area contributed by atoms with Gasteiger partial charge in [-0.25, -0.2) is 4.79 Å². The van der Waals surface area contributed by atoms with Crippen LogP contribution in [-0.4, -0.2) is 77.5 Å². The number of alkyl halides is 3. The van der Waals surface area contributed by atoms with E-state index < -0.39 is 35.9 Å². The highest BCUT2D eigenvalue weighted by Crippen LogP contribution is 2.29. The molecule has 14 heteroatoms. The van der Waals surface area contributed by atoms with Gasteiger partial charge in [-0.3, -0.25) is 9.59 Å². The molecule has 1 aromatic carbocycles. The SMILES string of the molecule is CC(C)CCC(=O)C1OC(SCCN(C)C)=NN1C(=O)NC1(NC(=O)c2cccc(OC(F)(F)F)c2)CCCCC1. The van der Waals surface area contributed by atoms with E-state index in [1.807, 2.05) is 32.8 Å². The van der Waals surface area contributed by atoms with Crippen LogP contribution in [0.4, 0.5) is 18.0 Å². The molecule has 10 nitrogen and oxygen atoms in total. The molecule has 1 aliphatic heterocycles. The predicted octanol–water partition coefficient (Wildman–Crippen LogP) is 4.91. The molecule has 1 unspecified atom stereocenters. The number of rotatable bonds is 11. The second-order valence-corrected chi connectivity index (χ2v) is 11.9. The van der Waals surface area contributed by atoms with Gasteiger partial charge in [0, 0.05) is 24.3 Å². The first-order chi connectivity index (χ1) is 19.3. The first kappa shape index (κ1) is 32.5. The fraction of sp³-hybridized carbons (Fsp3) is 0.630. The fourth-order valence-electron chi connectivity index (χ4n) is 4.42. The zero-order chi connectivity index (χ0) is 30.2. The molecule has 2 aliphatic rings. The Labute approximate surface area is 242 Å². The van der Waals surface area contributed by atoms with Gasteiger partial charge in [0.2, 0.25) is 0 Å². The summed E-state index contributed by atoms with van der Waals surface area (Å²) in [4.78, 5) is 41.8. The second kappa shape index (κ2) is 14.3. The zero-order valence-corrected chi connectivity index (χ0v) is 24.6. The first-order valence-corrected chi connectivity index (χ1v) is 14.6. The largest absolute Gasteiger partial charge is 0.573 e. The number of hydrogen-bond donors (Lipinski definition) is 2. The van der Waals surface area contributed by atoms with E-state index in [0.717, 1.165) is 30.1 Å². The van der Waals surface area contributed by atoms with Crippen molar-refractivity contribution < 1.29 is 37.0 Å². The Bertz CT molecular complexity index is 1110. The van der Waals surface area contributed by atoms with Gasteiger partial charge in [0.15, 0.2) is 5.78 Å². The van der Waals surface area contributed by atoms with Crippen molar-refractivity contribution in [3.63, 3.8) is 0 Å². The van der Waals surface area contributed by atoms with Gasteiger partial charge in [-0.2, -0.15) is 5.01 Å². The number of thioether (sulfide) groups is 1. The number of nitrogens with zero attached hydrogens (tertiary/aromatic N) is 3. The number of halogens is 3. The van der Waals surface area contributed by atoms with E-state index in [-0.39, 0.29) is 28.9 Å². The molecule has 0 spiro atoms. The Balaban J connectivity index is 1.79. The van der Waals surface area contributed by atoms with Crippen LogP contribution < -0.4 is 15.4 Å². The van der Waals surface area contributed by atoms with Crippen molar-refractivity contribution in [1.29, 1.82) is 0 Å². The Morgan fingerprint density at radius 2 is 1.90 bits per heavy atom. The van der Waals surface area contributed by atoms with Crippen LogP contribution in [0.15, 0.2) is 29.4 Å². The molecule has 0 saturated heterocycles. The number of benzene rings is 1. The molecule has 1 aliphatic carbocycles. The Hall–Kier alpha value is -3.00. The summed E-state index contributed by atoms with van der Waals surface area (Å²) in [6.07, 6.45) is -2.27. The minimum Gasteiger partial charge on any atom is -0.438 e. The van der Waals surface area contributed by atoms with Crippen molar-refractivity contribution in [1.82, 2.24) is 20.5 Å². The molecular weight excluding hydrogens is 563 g/mol. The second-order valence-electron chi connectivity index (χ2n) is 10.8. The predicted molar refractivity (Wildman–Crippen MR) is 149 cm³/mol. The maximum Gasteiger partial charge on any atom is 0.573 e. The highest BCUT2D eigenvalue weighted by molar-refractivity contribution is 8.13. The quantitative estimate of drug-likeness (QED) is 0.347. The summed E-state index contributed by atoms with van der Waals surface area (Å²) in [5, 5.41) is 11.2. The summed E-state index contributed by atoms with van der Waals surface area (Å²) in [5.74, 6) is -0.587. The molecule has 0 bridgehead atoms. The molecule has 1 fully saturated rings. The average molecular weight is 602 g/mol. The van der Waals surface area contributed by atoms with Crippen LogP contribution in [0, 0.1) is 5.92 Å². The summed E-state index contributed by atoms with van der Waals surface area (Å²) >= 11 is 1.29. The maximum absolute atomic E-state index is 13.6. The lowest BCUT2D eigenvalue weighted by Gasteiger charge is -2.39. The number of Topliss-reactive ketones (excluding diaryl/α,β-unsaturated/α-hetero) is 1. The summed E-state index contributed by atoms with van der Waals surface area (Å²) in [6, 6.07) is 4.00. The van der Waals surface area contributed by atoms with E-state index in [0.29, 0.717) is 37.9 Å². The molecule has 3 rings (SSSR count). The van der Waals surface area contributed by atoms with Crippen LogP contribution in [0.2, 0.25) is 0 Å². The summed E-state index contributed by atoms with van der Waals surface area (Å²) < 4.78 is 47.8. The minimum absolute atomic E-state index is 0.0604. The number of carbonyl (C=O) groups is 3. The van der Waals surface area contributed by atoms with E-state index in [2.05, 4.69) is 20.5 Å². The lowest BCUT2D eigenvalue weighted by atomic mass is 9.88. The van der Waals surface area contributed by atoms with Crippen LogP contribution in [0.25, 0.3) is 0 Å². The van der Waals surface area contributed by atoms with E-state index in [1.54, 1.807) is 0 Å². The van der Waals surface area contributed by atoms with Gasteiger partial charge >= 0.3 is 12.4 Å². The van der Waals surface area contributed by atoms with Crippen molar-refractivity contribution in [2.45, 2.75) is 77.0 Å². The molecule has 1 saturated carbocycles. The molecular formula is C27H38F3N5O5S. The number of ketones is 1. The number of ether oxygens (including phenoxy) is 2. The van der Waals surface area contributed by atoms with Gasteiger partial charge in [0.25, 0.3) is 17.4 Å². The van der Waals surface area contributed by atoms with Gasteiger partial charge in [-0.15, -0.1) is 18.3 Å². The van der Waals surface area contributed by atoms with Gasteiger partial charge < -0.3 is 25.0 Å². The molecule has 3 amide bonds. The normalized spacial score (nSPS) is 18.6. The standard InChI is InChI=1S/C27H38F3N5O5S/c1-18(2)11-12-21(36)23-35(33-25(39-23)41-16-15-34(3)4)24(38)32-26(13-6-5-7-14-26)31-22(37)19-9-8-10-20(17-19)40-27(28,29)30/h8-10,17-18,23H,5-7,11-16H2,1-4H3,(H,31,37)(H,32,38). The van der Waals surface area contributed by atoms with E-state index in [4.69, 9.17) is 4.74 Å². The third kappa shape index (κ3) is 10.1. The third-order valence-electron chi connectivity index (χ3n) is 6.58. The number of urea groups is 1. The number of amides is 3. The van der Waals surface area contributed by atoms with Crippen LogP contribution in [0.5, 0.6) is 5.75 Å². The van der Waals surface area contributed by atoms with Gasteiger partial charge in [0.1, 0.15) is 11.4 Å². The third-order valence-corrected chi connectivity index (χ3v) is 7.39. The summed E-state index contributed by atoms with van der Waals surface area (Å²) in [6.45, 7) is 4.72. The van der Waals surface area contributed by atoms with Crippen molar-refractivity contribution in [2.75, 3.05) is 26.4 Å². The van der Waals surface area contributed by atoms with Crippen molar-refractivity contribution >= 4 is 34.7 Å². The molecule has 0 aromatic heterocycles. The van der Waals surface area contributed by atoms with Crippen LogP contribution >= 0.6 is 11.8 Å². The first-order valence-electron chi connectivity index (χ1n) is 13.6. The smallest absolute Gasteiger partial charge is 0.438 e. The molecule has 1 aromatic rings. The molecule has 41 heavy (non-hydrogen) atoms. The minimum atomic E-state index is -4.90. The fourth-order valence-corrected chi connectivity index (χ4v) is 5.35. The highest BCUT2D eigenvalue weighted by Gasteiger charge is 2.43. The lowest BCUT2D eigenvalue weighted by molar-refractivity contribution is -0.274. The van der Waals surface area contributed by atoms with Gasteiger partial charge in [0.05, 0.1) is 0 Å². The lowest BCUT2D eigenvalue weighted by Crippen LogP contribution is -2.64. The van der Waals surface area contributed by atoms with Crippen LogP contribution in [-0.2, 0) is 9.53 Å². The molecule has 0 radical (unpaired) electrons. The van der Waals surface area contributed by atoms with E-state index in [1.165, 1.54) is 23.9 Å². The topological polar surface area (TPSA) is 113 Å². The molecule has 2 N–H and O–H groups in total. The monoisotopic (exact) mass is 601 g/mol. The van der Waals surface area contributed by atoms with Crippen molar-refractivity contribution in [3.05, 3.63) is 29.8 Å². The van der Waals surface area contributed by atoms with E-state index in [9.17, 15) is 27.6 Å². The zero-order valence-electron chi connectivity index (χ0n) is 23.8. The van der Waals surface area contributed by atoms with Gasteiger partial charge in [-0.1, -0.05) is 38.1 Å². The highest BCUT2D eigenvalue weighted by atomic mass is 32.2. The van der Waals surface area contributed by atoms with Crippen LogP contribution in [0.3, 0.4) is 0 Å². The number of hydrogen-bond acceptors (Lipinski definition) is 8. The van der Waals surface area contributed by atoms with E-state index >= 15 is 0 Å². The molecule has 228 valence electrons. The maximum atomic E-state index is 13.6. The number of nitrogens with one attached hydrogen (secondary N) is 2. The molecule has 1 atom stereocenters. The Kier molecular flexibility index (Phi) is 11.3. The average Bonchev–Trinajstić information content (AvgIpc) is 3.31. The van der Waals surface area contributed by atoms with Crippen molar-refractivity contribution in [2.24, 2.45) is 11.0 Å². The summed E-state index contributed by atoms with van der Waals surface area (Å²) in [5.41, 5.74) is -1.26. The Morgan fingerprint density at radius 1 is 1.20 bits per heavy atom. The molecule has 1 heterocycles. The van der Waals surface area contributed by atoms with Crippen molar-refractivity contribution in [3.8, 4) is 5.75 Å². The summed E-state index contributed by atoms with van der Waals surface area (Å²) in [7, 11) is 3.85. The van der Waals surface area contributed by atoms with Crippen LogP contribution in [0.1, 0.15) is 69.2 Å². The number of carbonyl (C=O) groups excluding carboxylic acids is 3. The van der Waals surface area contributed by atoms with Gasteiger partial charge in [-0.05, 0) is 70.3 Å². The number of hydrazone groups is 1.